The SMILES string of the molecule is CC(=O)CC1CCC(CC(=O)O)CC1. The number of carboxylic acids is 1. The van der Waals surface area contributed by atoms with Crippen LogP contribution in [0.3, 0.4) is 0 Å². The van der Waals surface area contributed by atoms with E-state index in [-0.39, 0.29) is 5.78 Å². The summed E-state index contributed by atoms with van der Waals surface area (Å²) >= 11 is 0. The summed E-state index contributed by atoms with van der Waals surface area (Å²) in [5.41, 5.74) is 0. The molecule has 1 N–H and O–H groups in total. The molecule has 3 heteroatoms. The summed E-state index contributed by atoms with van der Waals surface area (Å²) in [4.78, 5) is 21.3. The van der Waals surface area contributed by atoms with E-state index in [0.29, 0.717) is 24.7 Å². The Morgan fingerprint density at radius 2 is 1.50 bits per heavy atom. The molecule has 0 atom stereocenters. The first-order valence-electron chi connectivity index (χ1n) is 5.29. The first-order chi connectivity index (χ1) is 6.58. The molecule has 0 aromatic carbocycles. The van der Waals surface area contributed by atoms with Crippen molar-refractivity contribution in [2.24, 2.45) is 11.8 Å². The number of hydrogen-bond donors (Lipinski definition) is 1. The number of carbonyl (C=O) groups is 2. The second-order valence-corrected chi connectivity index (χ2v) is 4.39. The summed E-state index contributed by atoms with van der Waals surface area (Å²) in [6, 6.07) is 0. The van der Waals surface area contributed by atoms with Crippen molar-refractivity contribution in [1.82, 2.24) is 0 Å². The van der Waals surface area contributed by atoms with Crippen LogP contribution >= 0.6 is 0 Å². The number of hydrogen-bond acceptors (Lipinski definition) is 2. The summed E-state index contributed by atoms with van der Waals surface area (Å²) in [6.45, 7) is 1.63. The Kier molecular flexibility index (Phi) is 4.11. The van der Waals surface area contributed by atoms with Crippen LogP contribution in [-0.2, 0) is 9.59 Å². The molecule has 0 unspecified atom stereocenters. The Bertz CT molecular complexity index is 191. The van der Waals surface area contributed by atoms with Gasteiger partial charge in [-0.2, -0.15) is 0 Å². The highest BCUT2D eigenvalue weighted by Gasteiger charge is 2.23. The number of carbonyl (C=O) groups excluding carboxylic acids is 1. The highest BCUT2D eigenvalue weighted by molar-refractivity contribution is 5.75. The van der Waals surface area contributed by atoms with E-state index in [0.717, 1.165) is 25.7 Å². The lowest BCUT2D eigenvalue weighted by atomic mass is 9.79. The van der Waals surface area contributed by atoms with E-state index < -0.39 is 5.97 Å². The van der Waals surface area contributed by atoms with E-state index in [9.17, 15) is 9.59 Å². The molecule has 1 aliphatic rings. The van der Waals surface area contributed by atoms with Crippen LogP contribution < -0.4 is 0 Å². The predicted molar refractivity (Wildman–Crippen MR) is 53.0 cm³/mol. The summed E-state index contributed by atoms with van der Waals surface area (Å²) in [5.74, 6) is 0.417. The van der Waals surface area contributed by atoms with Gasteiger partial charge >= 0.3 is 5.97 Å². The first kappa shape index (κ1) is 11.2. The average Bonchev–Trinajstić information content (AvgIpc) is 2.06. The van der Waals surface area contributed by atoms with Crippen LogP contribution in [0.5, 0.6) is 0 Å². The zero-order valence-electron chi connectivity index (χ0n) is 8.66. The molecule has 0 heterocycles. The molecular weight excluding hydrogens is 180 g/mol. The molecule has 1 fully saturated rings. The minimum Gasteiger partial charge on any atom is -0.481 e. The van der Waals surface area contributed by atoms with Gasteiger partial charge in [0.1, 0.15) is 5.78 Å². The quantitative estimate of drug-likeness (QED) is 0.753. The van der Waals surface area contributed by atoms with Crippen LogP contribution in [0.25, 0.3) is 0 Å². The molecule has 0 radical (unpaired) electrons. The highest BCUT2D eigenvalue weighted by Crippen LogP contribution is 2.32. The van der Waals surface area contributed by atoms with Crippen molar-refractivity contribution in [3.63, 3.8) is 0 Å². The lowest BCUT2D eigenvalue weighted by molar-refractivity contribution is -0.138. The molecule has 0 amide bonds. The Morgan fingerprint density at radius 1 is 1.07 bits per heavy atom. The number of aliphatic carboxylic acids is 1. The van der Waals surface area contributed by atoms with Crippen LogP contribution in [0.4, 0.5) is 0 Å². The van der Waals surface area contributed by atoms with E-state index in [1.165, 1.54) is 0 Å². The normalized spacial score (nSPS) is 27.2. The fourth-order valence-corrected chi connectivity index (χ4v) is 2.29. The lowest BCUT2D eigenvalue weighted by Crippen LogP contribution is -2.18. The summed E-state index contributed by atoms with van der Waals surface area (Å²) < 4.78 is 0. The number of ketones is 1. The van der Waals surface area contributed by atoms with Gasteiger partial charge in [-0.25, -0.2) is 0 Å². The number of Topliss-reactive ketones (excluding diaryl/α,β-unsaturated/α-hetero) is 1. The molecule has 0 aliphatic heterocycles. The van der Waals surface area contributed by atoms with Crippen LogP contribution in [0.15, 0.2) is 0 Å². The Labute approximate surface area is 84.5 Å². The van der Waals surface area contributed by atoms with E-state index in [1.54, 1.807) is 6.92 Å². The van der Waals surface area contributed by atoms with Crippen molar-refractivity contribution in [1.29, 1.82) is 0 Å². The summed E-state index contributed by atoms with van der Waals surface area (Å²) in [7, 11) is 0. The topological polar surface area (TPSA) is 54.4 Å². The van der Waals surface area contributed by atoms with Gasteiger partial charge in [0.05, 0.1) is 0 Å². The van der Waals surface area contributed by atoms with Gasteiger partial charge in [-0.15, -0.1) is 0 Å². The van der Waals surface area contributed by atoms with Gasteiger partial charge in [0, 0.05) is 12.8 Å². The van der Waals surface area contributed by atoms with Crippen LogP contribution in [-0.4, -0.2) is 16.9 Å². The molecule has 0 saturated heterocycles. The Morgan fingerprint density at radius 3 is 1.86 bits per heavy atom. The molecule has 80 valence electrons. The van der Waals surface area contributed by atoms with Crippen molar-refractivity contribution in [2.45, 2.75) is 45.4 Å². The van der Waals surface area contributed by atoms with Crippen LogP contribution in [0.2, 0.25) is 0 Å². The van der Waals surface area contributed by atoms with Gasteiger partial charge in [-0.05, 0) is 44.4 Å². The van der Waals surface area contributed by atoms with Gasteiger partial charge in [-0.1, -0.05) is 0 Å². The third-order valence-electron chi connectivity index (χ3n) is 3.01. The minimum absolute atomic E-state index is 0.256. The van der Waals surface area contributed by atoms with Crippen molar-refractivity contribution in [3.05, 3.63) is 0 Å². The zero-order valence-corrected chi connectivity index (χ0v) is 8.66. The average molecular weight is 198 g/mol. The summed E-state index contributed by atoms with van der Waals surface area (Å²) in [6.07, 6.45) is 4.98. The predicted octanol–water partition coefficient (Wildman–Crippen LogP) is 2.25. The summed E-state index contributed by atoms with van der Waals surface area (Å²) in [5, 5.41) is 8.62. The van der Waals surface area contributed by atoms with Crippen LogP contribution in [0.1, 0.15) is 45.4 Å². The van der Waals surface area contributed by atoms with Crippen molar-refractivity contribution < 1.29 is 14.7 Å². The second-order valence-electron chi connectivity index (χ2n) is 4.39. The lowest BCUT2D eigenvalue weighted by Gasteiger charge is -2.26. The molecule has 0 aromatic rings. The molecule has 1 rings (SSSR count). The smallest absolute Gasteiger partial charge is 0.303 e. The molecule has 14 heavy (non-hydrogen) atoms. The molecule has 0 spiro atoms. The Hall–Kier alpha value is -0.860. The molecular formula is C11H18O3. The first-order valence-corrected chi connectivity index (χ1v) is 5.29. The molecule has 1 aliphatic carbocycles. The maximum atomic E-state index is 10.9. The Balaban J connectivity index is 2.24. The molecule has 3 nitrogen and oxygen atoms in total. The van der Waals surface area contributed by atoms with Crippen molar-refractivity contribution >= 4 is 11.8 Å². The van der Waals surface area contributed by atoms with E-state index >= 15 is 0 Å². The number of rotatable bonds is 4. The van der Waals surface area contributed by atoms with Crippen LogP contribution in [0, 0.1) is 11.8 Å². The highest BCUT2D eigenvalue weighted by atomic mass is 16.4. The molecule has 1 saturated carbocycles. The van der Waals surface area contributed by atoms with E-state index in [1.807, 2.05) is 0 Å². The number of carboxylic acid groups (broad SMARTS) is 1. The maximum Gasteiger partial charge on any atom is 0.303 e. The van der Waals surface area contributed by atoms with Gasteiger partial charge in [0.2, 0.25) is 0 Å². The molecule has 0 bridgehead atoms. The third-order valence-corrected chi connectivity index (χ3v) is 3.01. The van der Waals surface area contributed by atoms with E-state index in [2.05, 4.69) is 0 Å². The van der Waals surface area contributed by atoms with Crippen molar-refractivity contribution in [3.8, 4) is 0 Å². The zero-order chi connectivity index (χ0) is 10.6. The van der Waals surface area contributed by atoms with Gasteiger partial charge in [0.15, 0.2) is 0 Å². The second kappa shape index (κ2) is 5.13. The minimum atomic E-state index is -0.694. The van der Waals surface area contributed by atoms with Gasteiger partial charge in [0.25, 0.3) is 0 Å². The fraction of sp³-hybridized carbons (Fsp3) is 0.818. The fourth-order valence-electron chi connectivity index (χ4n) is 2.29. The van der Waals surface area contributed by atoms with E-state index in [4.69, 9.17) is 5.11 Å². The third kappa shape index (κ3) is 3.90. The van der Waals surface area contributed by atoms with Crippen molar-refractivity contribution in [2.75, 3.05) is 0 Å². The van der Waals surface area contributed by atoms with Gasteiger partial charge < -0.3 is 9.90 Å². The largest absolute Gasteiger partial charge is 0.481 e. The maximum absolute atomic E-state index is 10.9. The monoisotopic (exact) mass is 198 g/mol. The van der Waals surface area contributed by atoms with Gasteiger partial charge in [-0.3, -0.25) is 4.79 Å². The standard InChI is InChI=1S/C11H18O3/c1-8(12)6-9-2-4-10(5-3-9)7-11(13)14/h9-10H,2-7H2,1H3,(H,13,14). The molecule has 0 aromatic heterocycles.